The zero-order chi connectivity index (χ0) is 22.8. The number of anilines is 1. The molecule has 166 valence electrons. The summed E-state index contributed by atoms with van der Waals surface area (Å²) in [6.45, 7) is 2.75. The van der Waals surface area contributed by atoms with Gasteiger partial charge >= 0.3 is 0 Å². The Kier molecular flexibility index (Phi) is 6.19. The van der Waals surface area contributed by atoms with E-state index in [0.29, 0.717) is 41.5 Å². The van der Waals surface area contributed by atoms with Gasteiger partial charge in [0, 0.05) is 43.2 Å². The number of benzene rings is 2. The lowest BCUT2D eigenvalue weighted by molar-refractivity contribution is -0.119. The molecule has 1 aliphatic rings. The minimum atomic E-state index is -0.447. The Morgan fingerprint density at radius 3 is 2.78 bits per heavy atom. The third-order valence-corrected chi connectivity index (χ3v) is 5.78. The fourth-order valence-electron chi connectivity index (χ4n) is 3.96. The quantitative estimate of drug-likeness (QED) is 0.586. The maximum Gasteiger partial charge on any atom is 0.217 e. The van der Waals surface area contributed by atoms with Crippen LogP contribution in [0.5, 0.6) is 11.5 Å². The molecule has 2 heterocycles. The lowest BCUT2D eigenvalue weighted by atomic mass is 10.0. The van der Waals surface area contributed by atoms with Crippen molar-refractivity contribution in [2.75, 3.05) is 25.1 Å². The molecular weight excluding hydrogens is 433 g/mol. The second-order valence-electron chi connectivity index (χ2n) is 7.71. The number of methoxy groups -OCH3 is 1. The van der Waals surface area contributed by atoms with Crippen LogP contribution in [0.15, 0.2) is 48.5 Å². The topological polar surface area (TPSA) is 74.7 Å². The molecule has 1 atom stereocenters. The van der Waals surface area contributed by atoms with Crippen molar-refractivity contribution in [3.8, 4) is 33.9 Å². The SMILES string of the molecule is COc1ccc(-c2cc(-c3c(F)cccc3Cl)cc(N3CCC(NC(C)=O)C3)n2)c(O)c1. The van der Waals surface area contributed by atoms with E-state index in [1.165, 1.54) is 26.2 Å². The van der Waals surface area contributed by atoms with Crippen molar-refractivity contribution in [2.45, 2.75) is 19.4 Å². The van der Waals surface area contributed by atoms with E-state index in [0.717, 1.165) is 6.42 Å². The number of amides is 1. The summed E-state index contributed by atoms with van der Waals surface area (Å²) in [6, 6.07) is 13.0. The van der Waals surface area contributed by atoms with E-state index in [1.54, 1.807) is 36.4 Å². The van der Waals surface area contributed by atoms with Crippen LogP contribution in [0.4, 0.5) is 10.2 Å². The Balaban J connectivity index is 1.82. The number of aromatic hydroxyl groups is 1. The van der Waals surface area contributed by atoms with Crippen LogP contribution in [0.3, 0.4) is 0 Å². The van der Waals surface area contributed by atoms with E-state index < -0.39 is 5.82 Å². The number of nitrogens with one attached hydrogen (secondary N) is 1. The van der Waals surface area contributed by atoms with Gasteiger partial charge in [0.25, 0.3) is 0 Å². The largest absolute Gasteiger partial charge is 0.507 e. The molecule has 1 aliphatic heterocycles. The van der Waals surface area contributed by atoms with Gasteiger partial charge in [0.05, 0.1) is 17.8 Å². The Morgan fingerprint density at radius 2 is 2.09 bits per heavy atom. The number of phenols is 1. The molecule has 0 spiro atoms. The number of phenolic OH excluding ortho intramolecular Hbond substituents is 1. The summed E-state index contributed by atoms with van der Waals surface area (Å²) < 4.78 is 19.9. The van der Waals surface area contributed by atoms with Crippen LogP contribution in [0.2, 0.25) is 5.02 Å². The number of hydrogen-bond acceptors (Lipinski definition) is 5. The first-order chi connectivity index (χ1) is 15.4. The highest BCUT2D eigenvalue weighted by molar-refractivity contribution is 6.33. The molecule has 0 bridgehead atoms. The smallest absolute Gasteiger partial charge is 0.217 e. The maximum atomic E-state index is 14.7. The first kappa shape index (κ1) is 21.9. The van der Waals surface area contributed by atoms with Crippen LogP contribution in [-0.2, 0) is 4.79 Å². The monoisotopic (exact) mass is 455 g/mol. The normalized spacial score (nSPS) is 15.6. The van der Waals surface area contributed by atoms with Gasteiger partial charge < -0.3 is 20.1 Å². The number of halogens is 2. The number of carbonyl (C=O) groups is 1. The van der Waals surface area contributed by atoms with Gasteiger partial charge in [-0.3, -0.25) is 4.79 Å². The summed E-state index contributed by atoms with van der Waals surface area (Å²) in [5.41, 5.74) is 1.77. The summed E-state index contributed by atoms with van der Waals surface area (Å²) in [7, 11) is 1.52. The van der Waals surface area contributed by atoms with Gasteiger partial charge in [0.1, 0.15) is 23.1 Å². The Hall–Kier alpha value is -3.32. The maximum absolute atomic E-state index is 14.7. The minimum absolute atomic E-state index is 0.00266. The van der Waals surface area contributed by atoms with Gasteiger partial charge in [-0.2, -0.15) is 0 Å². The molecule has 0 radical (unpaired) electrons. The summed E-state index contributed by atoms with van der Waals surface area (Å²) >= 11 is 6.34. The van der Waals surface area contributed by atoms with Crippen LogP contribution in [-0.4, -0.2) is 42.2 Å². The second kappa shape index (κ2) is 9.04. The van der Waals surface area contributed by atoms with E-state index in [9.17, 15) is 14.3 Å². The summed E-state index contributed by atoms with van der Waals surface area (Å²) in [6.07, 6.45) is 0.773. The van der Waals surface area contributed by atoms with E-state index in [1.807, 2.05) is 4.90 Å². The van der Waals surface area contributed by atoms with E-state index >= 15 is 0 Å². The number of rotatable bonds is 5. The minimum Gasteiger partial charge on any atom is -0.507 e. The van der Waals surface area contributed by atoms with Crippen molar-refractivity contribution in [1.29, 1.82) is 0 Å². The molecule has 1 aromatic heterocycles. The van der Waals surface area contributed by atoms with Gasteiger partial charge in [-0.05, 0) is 48.4 Å². The van der Waals surface area contributed by atoms with Crippen LogP contribution in [0.25, 0.3) is 22.4 Å². The van der Waals surface area contributed by atoms with Crippen molar-refractivity contribution < 1.29 is 19.0 Å². The van der Waals surface area contributed by atoms with E-state index in [4.69, 9.17) is 21.3 Å². The second-order valence-corrected chi connectivity index (χ2v) is 8.12. The lowest BCUT2D eigenvalue weighted by Gasteiger charge is -2.20. The first-order valence-electron chi connectivity index (χ1n) is 10.2. The van der Waals surface area contributed by atoms with Crippen molar-refractivity contribution >= 4 is 23.3 Å². The Labute approximate surface area is 190 Å². The molecule has 6 nitrogen and oxygen atoms in total. The molecule has 0 saturated carbocycles. The molecule has 2 N–H and O–H groups in total. The number of aromatic nitrogens is 1. The van der Waals surface area contributed by atoms with Gasteiger partial charge in [-0.25, -0.2) is 9.37 Å². The van der Waals surface area contributed by atoms with Crippen molar-refractivity contribution in [3.63, 3.8) is 0 Å². The third-order valence-electron chi connectivity index (χ3n) is 5.46. The van der Waals surface area contributed by atoms with Crippen molar-refractivity contribution in [2.24, 2.45) is 0 Å². The third kappa shape index (κ3) is 4.48. The predicted octanol–water partition coefficient (Wildman–Crippen LogP) is 4.64. The van der Waals surface area contributed by atoms with Crippen LogP contribution in [0.1, 0.15) is 13.3 Å². The highest BCUT2D eigenvalue weighted by atomic mass is 35.5. The van der Waals surface area contributed by atoms with Crippen LogP contribution < -0.4 is 15.0 Å². The number of carbonyl (C=O) groups excluding carboxylic acids is 1. The number of nitrogens with zero attached hydrogens (tertiary/aromatic N) is 2. The molecular formula is C24H23ClFN3O3. The molecule has 2 aromatic carbocycles. The molecule has 8 heteroatoms. The molecule has 1 saturated heterocycles. The Morgan fingerprint density at radius 1 is 1.28 bits per heavy atom. The highest BCUT2D eigenvalue weighted by Gasteiger charge is 2.25. The first-order valence-corrected chi connectivity index (χ1v) is 10.6. The Bertz CT molecular complexity index is 1150. The van der Waals surface area contributed by atoms with Crippen molar-refractivity contribution in [3.05, 3.63) is 59.4 Å². The highest BCUT2D eigenvalue weighted by Crippen LogP contribution is 2.38. The fourth-order valence-corrected chi connectivity index (χ4v) is 4.23. The number of ether oxygens (including phenoxy) is 1. The van der Waals surface area contributed by atoms with Gasteiger partial charge in [0.15, 0.2) is 0 Å². The van der Waals surface area contributed by atoms with Crippen LogP contribution in [0, 0.1) is 5.82 Å². The molecule has 1 fully saturated rings. The summed E-state index contributed by atoms with van der Waals surface area (Å²) in [4.78, 5) is 18.2. The fraction of sp³-hybridized carbons (Fsp3) is 0.250. The molecule has 1 unspecified atom stereocenters. The number of pyridine rings is 1. The zero-order valence-corrected chi connectivity index (χ0v) is 18.5. The molecule has 1 amide bonds. The predicted molar refractivity (Wildman–Crippen MR) is 123 cm³/mol. The molecule has 0 aliphatic carbocycles. The molecule has 4 rings (SSSR count). The number of hydrogen-bond donors (Lipinski definition) is 2. The van der Waals surface area contributed by atoms with Crippen LogP contribution >= 0.6 is 11.6 Å². The summed E-state index contributed by atoms with van der Waals surface area (Å²) in [5.74, 6) is 0.590. The molecule has 32 heavy (non-hydrogen) atoms. The van der Waals surface area contributed by atoms with E-state index in [2.05, 4.69) is 5.32 Å². The zero-order valence-electron chi connectivity index (χ0n) is 17.7. The van der Waals surface area contributed by atoms with E-state index in [-0.39, 0.29) is 28.3 Å². The summed E-state index contributed by atoms with van der Waals surface area (Å²) in [5, 5.41) is 13.8. The molecule has 3 aromatic rings. The van der Waals surface area contributed by atoms with Crippen molar-refractivity contribution in [1.82, 2.24) is 10.3 Å². The average Bonchev–Trinajstić information content (AvgIpc) is 3.21. The average molecular weight is 456 g/mol. The van der Waals surface area contributed by atoms with Gasteiger partial charge in [-0.15, -0.1) is 0 Å². The van der Waals surface area contributed by atoms with Gasteiger partial charge in [-0.1, -0.05) is 17.7 Å². The van der Waals surface area contributed by atoms with Gasteiger partial charge in [0.2, 0.25) is 5.91 Å². The standard InChI is InChI=1S/C24H23ClFN3O3/c1-14(30)27-16-8-9-29(13-16)23-11-15(24-19(25)4-3-5-20(24)26)10-21(28-23)18-7-6-17(32-2)12-22(18)31/h3-7,10-12,16,31H,8-9,13H2,1-2H3,(H,27,30). The lowest BCUT2D eigenvalue weighted by Crippen LogP contribution is -2.35.